The molecule has 0 amide bonds. The van der Waals surface area contributed by atoms with Crippen LogP contribution in [0.3, 0.4) is 0 Å². The first-order valence-electron chi connectivity index (χ1n) is 5.65. The van der Waals surface area contributed by atoms with Crippen LogP contribution >= 0.6 is 0 Å². The fourth-order valence-electron chi connectivity index (χ4n) is 2.70. The minimum absolute atomic E-state index is 0.603. The molecule has 0 saturated carbocycles. The molecule has 3 rings (SSSR count). The van der Waals surface area contributed by atoms with Gasteiger partial charge < -0.3 is 4.90 Å². The molecule has 1 aliphatic heterocycles. The lowest BCUT2D eigenvalue weighted by Gasteiger charge is -2.22. The summed E-state index contributed by atoms with van der Waals surface area (Å²) in [5.74, 6) is 0.603. The Labute approximate surface area is 90.7 Å². The number of benzene rings is 1. The summed E-state index contributed by atoms with van der Waals surface area (Å²) in [4.78, 5) is 2.43. The van der Waals surface area contributed by atoms with E-state index in [9.17, 15) is 0 Å². The van der Waals surface area contributed by atoms with Gasteiger partial charge in [-0.05, 0) is 31.1 Å². The second-order valence-electron chi connectivity index (χ2n) is 4.11. The van der Waals surface area contributed by atoms with E-state index in [4.69, 9.17) is 0 Å². The van der Waals surface area contributed by atoms with Gasteiger partial charge in [0, 0.05) is 23.8 Å². The molecule has 1 heterocycles. The molecule has 1 nitrogen and oxygen atoms in total. The highest BCUT2D eigenvalue weighted by molar-refractivity contribution is 5.68. The van der Waals surface area contributed by atoms with Crippen molar-refractivity contribution in [1.82, 2.24) is 0 Å². The minimum Gasteiger partial charge on any atom is -0.345 e. The van der Waals surface area contributed by atoms with Crippen LogP contribution in [-0.2, 0) is 0 Å². The van der Waals surface area contributed by atoms with E-state index in [0.29, 0.717) is 5.92 Å². The van der Waals surface area contributed by atoms with Crippen molar-refractivity contribution in [3.8, 4) is 0 Å². The number of allylic oxidation sites excluding steroid dienone is 4. The van der Waals surface area contributed by atoms with E-state index < -0.39 is 0 Å². The van der Waals surface area contributed by atoms with Gasteiger partial charge in [0.15, 0.2) is 0 Å². The second-order valence-corrected chi connectivity index (χ2v) is 4.11. The third-order valence-corrected chi connectivity index (χ3v) is 3.36. The highest BCUT2D eigenvalue weighted by Crippen LogP contribution is 2.46. The van der Waals surface area contributed by atoms with Crippen LogP contribution in [0.2, 0.25) is 0 Å². The highest BCUT2D eigenvalue weighted by Gasteiger charge is 2.32. The van der Waals surface area contributed by atoms with E-state index in [2.05, 4.69) is 54.3 Å². The first kappa shape index (κ1) is 8.78. The predicted octanol–water partition coefficient (Wildman–Crippen LogP) is 3.45. The summed E-state index contributed by atoms with van der Waals surface area (Å²) in [6, 6.07) is 8.78. The summed E-state index contributed by atoms with van der Waals surface area (Å²) in [6.07, 6.45) is 7.86. The molecule has 0 aromatic heterocycles. The van der Waals surface area contributed by atoms with Gasteiger partial charge in [-0.25, -0.2) is 0 Å². The number of likely N-dealkylation sites (N-methyl/N-ethyl adjacent to an activating group) is 1. The van der Waals surface area contributed by atoms with Crippen molar-refractivity contribution < 1.29 is 0 Å². The summed E-state index contributed by atoms with van der Waals surface area (Å²) < 4.78 is 0. The number of nitrogens with zero attached hydrogens (tertiary/aromatic N) is 1. The molecule has 0 bridgehead atoms. The van der Waals surface area contributed by atoms with E-state index in [1.54, 1.807) is 0 Å². The molecule has 0 radical (unpaired) electrons. The first-order valence-corrected chi connectivity index (χ1v) is 5.65. The quantitative estimate of drug-likeness (QED) is 0.666. The molecule has 1 aromatic carbocycles. The Morgan fingerprint density at radius 2 is 2.20 bits per heavy atom. The van der Waals surface area contributed by atoms with Gasteiger partial charge in [-0.15, -0.1) is 0 Å². The molecule has 1 heteroatoms. The zero-order valence-electron chi connectivity index (χ0n) is 8.98. The molecule has 0 saturated heterocycles. The largest absolute Gasteiger partial charge is 0.345 e. The first-order chi connectivity index (χ1) is 7.42. The smallest absolute Gasteiger partial charge is 0.0447 e. The van der Waals surface area contributed by atoms with Gasteiger partial charge in [-0.2, -0.15) is 0 Å². The van der Waals surface area contributed by atoms with Crippen LogP contribution in [0.4, 0.5) is 5.69 Å². The van der Waals surface area contributed by atoms with Gasteiger partial charge in [-0.3, -0.25) is 0 Å². The van der Waals surface area contributed by atoms with E-state index in [-0.39, 0.29) is 0 Å². The summed E-state index contributed by atoms with van der Waals surface area (Å²) in [5.41, 5.74) is 4.37. The molecule has 1 aromatic rings. The maximum atomic E-state index is 2.43. The average Bonchev–Trinajstić information content (AvgIpc) is 2.63. The topological polar surface area (TPSA) is 3.24 Å². The molecule has 1 aliphatic carbocycles. The SMILES string of the molecule is CCN1C2=CC=CCC2c2ccccc21. The van der Waals surface area contributed by atoms with E-state index in [0.717, 1.165) is 13.0 Å². The van der Waals surface area contributed by atoms with Crippen LogP contribution in [0.25, 0.3) is 0 Å². The Kier molecular flexibility index (Phi) is 1.91. The van der Waals surface area contributed by atoms with Crippen molar-refractivity contribution in [3.63, 3.8) is 0 Å². The van der Waals surface area contributed by atoms with Gasteiger partial charge in [0.25, 0.3) is 0 Å². The number of para-hydroxylation sites is 1. The van der Waals surface area contributed by atoms with Crippen LogP contribution in [0, 0.1) is 0 Å². The molecule has 0 fully saturated rings. The zero-order chi connectivity index (χ0) is 10.3. The fourth-order valence-corrected chi connectivity index (χ4v) is 2.70. The molecule has 76 valence electrons. The van der Waals surface area contributed by atoms with Crippen molar-refractivity contribution in [3.05, 3.63) is 53.8 Å². The maximum Gasteiger partial charge on any atom is 0.0447 e. The summed E-state index contributed by atoms with van der Waals surface area (Å²) in [7, 11) is 0. The number of hydrogen-bond acceptors (Lipinski definition) is 1. The molecule has 2 aliphatic rings. The van der Waals surface area contributed by atoms with Gasteiger partial charge >= 0.3 is 0 Å². The van der Waals surface area contributed by atoms with Crippen molar-refractivity contribution in [2.75, 3.05) is 11.4 Å². The molecular formula is C14H15N. The maximum absolute atomic E-state index is 2.43. The summed E-state index contributed by atoms with van der Waals surface area (Å²) >= 11 is 0. The minimum atomic E-state index is 0.603. The monoisotopic (exact) mass is 197 g/mol. The third-order valence-electron chi connectivity index (χ3n) is 3.36. The van der Waals surface area contributed by atoms with Crippen LogP contribution in [0.5, 0.6) is 0 Å². The van der Waals surface area contributed by atoms with E-state index in [1.165, 1.54) is 16.9 Å². The number of fused-ring (bicyclic) bond motifs is 3. The molecular weight excluding hydrogens is 182 g/mol. The predicted molar refractivity (Wildman–Crippen MR) is 64.0 cm³/mol. The Morgan fingerprint density at radius 1 is 1.33 bits per heavy atom. The third kappa shape index (κ3) is 1.16. The van der Waals surface area contributed by atoms with Crippen LogP contribution in [0.15, 0.2) is 48.2 Å². The highest BCUT2D eigenvalue weighted by atomic mass is 15.2. The normalized spacial score (nSPS) is 22.3. The van der Waals surface area contributed by atoms with Gasteiger partial charge in [0.05, 0.1) is 0 Å². The van der Waals surface area contributed by atoms with Crippen LogP contribution in [-0.4, -0.2) is 6.54 Å². The number of rotatable bonds is 1. The second kappa shape index (κ2) is 3.27. The summed E-state index contributed by atoms with van der Waals surface area (Å²) in [6.45, 7) is 3.28. The van der Waals surface area contributed by atoms with Crippen molar-refractivity contribution >= 4 is 5.69 Å². The van der Waals surface area contributed by atoms with E-state index >= 15 is 0 Å². The molecule has 0 N–H and O–H groups in total. The van der Waals surface area contributed by atoms with Crippen molar-refractivity contribution in [2.24, 2.45) is 0 Å². The van der Waals surface area contributed by atoms with Crippen LogP contribution < -0.4 is 4.90 Å². The number of anilines is 1. The van der Waals surface area contributed by atoms with Gasteiger partial charge in [0.2, 0.25) is 0 Å². The van der Waals surface area contributed by atoms with Gasteiger partial charge in [-0.1, -0.05) is 30.4 Å². The summed E-state index contributed by atoms with van der Waals surface area (Å²) in [5, 5.41) is 0. The Morgan fingerprint density at radius 3 is 3.07 bits per heavy atom. The van der Waals surface area contributed by atoms with Gasteiger partial charge in [0.1, 0.15) is 0 Å². The Hall–Kier alpha value is -1.50. The molecule has 1 unspecified atom stereocenters. The molecule has 1 atom stereocenters. The lowest BCUT2D eigenvalue weighted by molar-refractivity contribution is 0.794. The zero-order valence-corrected chi connectivity index (χ0v) is 8.98. The fraction of sp³-hybridized carbons (Fsp3) is 0.286. The number of hydrogen-bond donors (Lipinski definition) is 0. The molecule has 15 heavy (non-hydrogen) atoms. The molecule has 0 spiro atoms. The van der Waals surface area contributed by atoms with Crippen LogP contribution in [0.1, 0.15) is 24.8 Å². The average molecular weight is 197 g/mol. The van der Waals surface area contributed by atoms with Crippen molar-refractivity contribution in [1.29, 1.82) is 0 Å². The van der Waals surface area contributed by atoms with E-state index in [1.807, 2.05) is 0 Å². The lowest BCUT2D eigenvalue weighted by Crippen LogP contribution is -2.19. The Balaban J connectivity index is 2.17. The van der Waals surface area contributed by atoms with Crippen molar-refractivity contribution in [2.45, 2.75) is 19.3 Å². The Bertz CT molecular complexity index is 427. The standard InChI is InChI=1S/C14H15N/c1-2-15-13-9-5-3-7-11(13)12-8-4-6-10-14(12)15/h3-7,9-10,12H,2,8H2,1H3. The lowest BCUT2D eigenvalue weighted by atomic mass is 9.92.